The van der Waals surface area contributed by atoms with Crippen LogP contribution in [0.4, 0.5) is 11.4 Å². The maximum Gasteiger partial charge on any atom is 0.333 e. The van der Waals surface area contributed by atoms with Crippen molar-refractivity contribution in [1.82, 2.24) is 5.06 Å². The first-order valence-electron chi connectivity index (χ1n) is 19.3. The summed E-state index contributed by atoms with van der Waals surface area (Å²) in [5, 5.41) is 0.480. The molecule has 3 aliphatic heterocycles. The fourth-order valence-electron chi connectivity index (χ4n) is 8.03. The van der Waals surface area contributed by atoms with Crippen LogP contribution in [0.2, 0.25) is 0 Å². The Kier molecular flexibility index (Phi) is 14.6. The second kappa shape index (κ2) is 18.8. The number of fused-ring (bicyclic) bond motifs is 2. The van der Waals surface area contributed by atoms with Gasteiger partial charge in [0, 0.05) is 81.1 Å². The molecule has 21 heteroatoms. The summed E-state index contributed by atoms with van der Waals surface area (Å²) in [7, 11) is -10.5. The second-order valence-corrected chi connectivity index (χ2v) is 19.6. The Labute approximate surface area is 355 Å². The van der Waals surface area contributed by atoms with Crippen molar-refractivity contribution in [2.24, 2.45) is 0 Å². The highest BCUT2D eigenvalue weighted by Gasteiger charge is 2.48. The van der Waals surface area contributed by atoms with Gasteiger partial charge in [0.2, 0.25) is 5.69 Å². The van der Waals surface area contributed by atoms with Gasteiger partial charge in [0.15, 0.2) is 12.3 Å². The van der Waals surface area contributed by atoms with E-state index in [9.17, 15) is 53.3 Å². The first-order chi connectivity index (χ1) is 28.5. The number of anilines is 1. The zero-order valence-electron chi connectivity index (χ0n) is 34.1. The van der Waals surface area contributed by atoms with Crippen molar-refractivity contribution in [2.75, 3.05) is 51.2 Å². The van der Waals surface area contributed by atoms with Crippen LogP contribution in [0.1, 0.15) is 69.9 Å². The zero-order chi connectivity index (χ0) is 45.0. The molecule has 2 unspecified atom stereocenters. The Hall–Kier alpha value is -4.61. The molecule has 2 atom stereocenters. The fourth-order valence-corrected chi connectivity index (χ4v) is 9.56. The second-order valence-electron chi connectivity index (χ2n) is 15.2. The number of benzene rings is 2. The number of imide groups is 1. The monoisotopic (exact) mass is 908 g/mol. The molecule has 0 radical (unpaired) electrons. The van der Waals surface area contributed by atoms with Gasteiger partial charge in [0.1, 0.15) is 6.61 Å². The highest BCUT2D eigenvalue weighted by atomic mass is 32.2. The number of hydrogen-bond acceptors (Lipinski definition) is 13. The van der Waals surface area contributed by atoms with Crippen LogP contribution in [0.25, 0.3) is 0 Å². The Morgan fingerprint density at radius 3 is 2.03 bits per heavy atom. The Balaban J connectivity index is 1.53. The first-order valence-corrected chi connectivity index (χ1v) is 23.8. The molecule has 1 saturated heterocycles. The van der Waals surface area contributed by atoms with Crippen LogP contribution in [-0.2, 0) is 69.9 Å². The highest BCUT2D eigenvalue weighted by molar-refractivity contribution is 7.86. The van der Waals surface area contributed by atoms with Crippen molar-refractivity contribution in [2.45, 2.75) is 79.4 Å². The maximum atomic E-state index is 12.7. The standard InChI is InChI=1S/C40H49N3O15S3/c1-39(19-9-25-59(47,48)49)30-26-28(60(50,51)52)14-16-33(30)42(22-24-57-4)34(39)10-6-5-7-11-35-40(2,20-23-56-3)31-27-29(61(53,54)55)13-15-32(31)41(35)21-8-12-38(46)58-43-36(44)17-18-37(43)45/h5-7,10-11,13-16,26-27H,8-9,12,17-25H2,1-4H3,(H2-,47,48,49,50,51,52,53,54,55)/p+1. The number of allylic oxidation sites excluding steroid dienone is 6. The fraction of sp³-hybridized carbons (Fsp3) is 0.450. The third-order valence-corrected chi connectivity index (χ3v) is 13.6. The normalized spacial score (nSPS) is 21.5. The molecule has 2 amide bonds. The average Bonchev–Trinajstić information content (AvgIpc) is 3.71. The van der Waals surface area contributed by atoms with Crippen molar-refractivity contribution in [3.05, 3.63) is 83.6 Å². The van der Waals surface area contributed by atoms with Crippen LogP contribution in [0, 0.1) is 0 Å². The molecule has 5 rings (SSSR count). The van der Waals surface area contributed by atoms with Gasteiger partial charge in [-0.1, -0.05) is 18.2 Å². The Bertz CT molecular complexity index is 2520. The van der Waals surface area contributed by atoms with Crippen LogP contribution in [-0.4, -0.2) is 118 Å². The molecule has 0 bridgehead atoms. The van der Waals surface area contributed by atoms with E-state index in [0.717, 1.165) is 0 Å². The molecule has 3 N–H and O–H groups in total. The SMILES string of the molecule is COCC[N+]1=C(/C=C/C=C/C=C2/N(CCCC(=O)ON3C(=O)CCC3=O)c3ccc(S(=O)(=O)O)cc3C2(C)CCOC)C(C)(CCCS(=O)(=O)O)c2cc(S(=O)(=O)O)ccc21. The minimum atomic E-state index is -4.60. The van der Waals surface area contributed by atoms with E-state index in [1.807, 2.05) is 29.4 Å². The molecule has 0 aromatic heterocycles. The molecule has 2 aromatic carbocycles. The third kappa shape index (κ3) is 10.7. The van der Waals surface area contributed by atoms with E-state index in [0.29, 0.717) is 51.9 Å². The molecule has 1 fully saturated rings. The summed E-state index contributed by atoms with van der Waals surface area (Å²) >= 11 is 0. The predicted octanol–water partition coefficient (Wildman–Crippen LogP) is 4.05. The van der Waals surface area contributed by atoms with Gasteiger partial charge in [0.05, 0.1) is 21.0 Å². The minimum Gasteiger partial charge on any atom is -0.385 e. The van der Waals surface area contributed by atoms with Crippen LogP contribution in [0.5, 0.6) is 0 Å². The lowest BCUT2D eigenvalue weighted by atomic mass is 9.76. The quantitative estimate of drug-likeness (QED) is 0.0734. The number of ether oxygens (including phenoxy) is 2. The zero-order valence-corrected chi connectivity index (χ0v) is 36.6. The number of rotatable bonds is 20. The predicted molar refractivity (Wildman–Crippen MR) is 221 cm³/mol. The number of amides is 2. The summed E-state index contributed by atoms with van der Waals surface area (Å²) in [6.07, 6.45) is 9.29. The number of carbonyl (C=O) groups excluding carboxylic acids is 3. The number of methoxy groups -OCH3 is 2. The van der Waals surface area contributed by atoms with E-state index >= 15 is 0 Å². The molecule has 332 valence electrons. The average molecular weight is 909 g/mol. The summed E-state index contributed by atoms with van der Waals surface area (Å²) in [4.78, 5) is 43.0. The van der Waals surface area contributed by atoms with E-state index in [-0.39, 0.29) is 68.1 Å². The van der Waals surface area contributed by atoms with Gasteiger partial charge in [-0.15, -0.1) is 5.06 Å². The van der Waals surface area contributed by atoms with E-state index in [2.05, 4.69) is 0 Å². The van der Waals surface area contributed by atoms with Gasteiger partial charge in [-0.3, -0.25) is 23.2 Å². The molecule has 0 saturated carbocycles. The topological polar surface area (TPSA) is 251 Å². The van der Waals surface area contributed by atoms with Gasteiger partial charge in [-0.05, 0) is 81.5 Å². The number of carbonyl (C=O) groups is 3. The van der Waals surface area contributed by atoms with Crippen LogP contribution >= 0.6 is 0 Å². The van der Waals surface area contributed by atoms with Crippen LogP contribution < -0.4 is 4.90 Å². The molecular formula is C40H50N3O15S3+. The van der Waals surface area contributed by atoms with E-state index < -0.39 is 64.7 Å². The van der Waals surface area contributed by atoms with Crippen molar-refractivity contribution in [3.63, 3.8) is 0 Å². The first kappa shape index (κ1) is 47.4. The molecular weight excluding hydrogens is 859 g/mol. The van der Waals surface area contributed by atoms with Crippen molar-refractivity contribution in [1.29, 1.82) is 0 Å². The van der Waals surface area contributed by atoms with E-state index in [4.69, 9.17) is 14.3 Å². The molecule has 2 aromatic rings. The minimum absolute atomic E-state index is 0.0181. The summed E-state index contributed by atoms with van der Waals surface area (Å²) in [5.74, 6) is -2.53. The highest BCUT2D eigenvalue weighted by Crippen LogP contribution is 2.51. The molecule has 18 nitrogen and oxygen atoms in total. The van der Waals surface area contributed by atoms with Gasteiger partial charge >= 0.3 is 5.97 Å². The number of nitrogens with zero attached hydrogens (tertiary/aromatic N) is 3. The van der Waals surface area contributed by atoms with Crippen molar-refractivity contribution < 1.29 is 72.2 Å². The summed E-state index contributed by atoms with van der Waals surface area (Å²) in [5.41, 5.74) is 1.77. The van der Waals surface area contributed by atoms with Crippen LogP contribution in [0.15, 0.2) is 82.3 Å². The Morgan fingerprint density at radius 1 is 0.803 bits per heavy atom. The van der Waals surface area contributed by atoms with Crippen LogP contribution in [0.3, 0.4) is 0 Å². The van der Waals surface area contributed by atoms with Gasteiger partial charge in [0.25, 0.3) is 42.2 Å². The maximum absolute atomic E-state index is 12.7. The molecule has 0 aliphatic carbocycles. The van der Waals surface area contributed by atoms with E-state index in [1.165, 1.54) is 38.5 Å². The molecule has 3 aliphatic rings. The van der Waals surface area contributed by atoms with Crippen molar-refractivity contribution in [3.8, 4) is 0 Å². The molecule has 3 heterocycles. The third-order valence-electron chi connectivity index (χ3n) is 11.1. The van der Waals surface area contributed by atoms with Gasteiger partial charge in [-0.2, -0.15) is 29.8 Å². The van der Waals surface area contributed by atoms with E-state index in [1.54, 1.807) is 36.4 Å². The Morgan fingerprint density at radius 2 is 1.43 bits per heavy atom. The summed E-state index contributed by atoms with van der Waals surface area (Å²) in [6, 6.07) is 8.42. The van der Waals surface area contributed by atoms with Gasteiger partial charge < -0.3 is 19.2 Å². The molecule has 0 spiro atoms. The lowest BCUT2D eigenvalue weighted by Gasteiger charge is -2.30. The van der Waals surface area contributed by atoms with Gasteiger partial charge in [-0.25, -0.2) is 4.79 Å². The molecule has 61 heavy (non-hydrogen) atoms. The lowest BCUT2D eigenvalue weighted by molar-refractivity contribution is -0.441. The largest absolute Gasteiger partial charge is 0.385 e. The number of hydroxylamine groups is 2. The summed E-state index contributed by atoms with van der Waals surface area (Å²) in [6.45, 7) is 4.77. The summed E-state index contributed by atoms with van der Waals surface area (Å²) < 4.78 is 114. The number of hydrogen-bond donors (Lipinski definition) is 3. The van der Waals surface area contributed by atoms with Crippen molar-refractivity contribution >= 4 is 65.2 Å². The smallest absolute Gasteiger partial charge is 0.333 e. The lowest BCUT2D eigenvalue weighted by Crippen LogP contribution is -2.33.